The van der Waals surface area contributed by atoms with Crippen molar-refractivity contribution in [1.29, 1.82) is 0 Å². The molecule has 0 aromatic heterocycles. The number of esters is 1. The Bertz CT molecular complexity index is 1490. The summed E-state index contributed by atoms with van der Waals surface area (Å²) in [5.41, 5.74) is 2.61. The second-order valence-electron chi connectivity index (χ2n) is 16.0. The lowest BCUT2D eigenvalue weighted by Gasteiger charge is -2.41. The molecule has 3 aliphatic rings. The van der Waals surface area contributed by atoms with Crippen LogP contribution in [0.25, 0.3) is 0 Å². The van der Waals surface area contributed by atoms with Gasteiger partial charge in [0.1, 0.15) is 17.0 Å². The first-order chi connectivity index (χ1) is 22.1. The zero-order valence-electron chi connectivity index (χ0n) is 31.3. The molecule has 0 spiro atoms. The highest BCUT2D eigenvalue weighted by atomic mass is 16.6. The first-order valence-corrected chi connectivity index (χ1v) is 17.4. The van der Waals surface area contributed by atoms with Gasteiger partial charge in [-0.15, -0.1) is 0 Å². The molecular weight excluding hydrogens is 600 g/mol. The predicted molar refractivity (Wildman–Crippen MR) is 195 cm³/mol. The van der Waals surface area contributed by atoms with Gasteiger partial charge in [0.25, 0.3) is 0 Å². The van der Waals surface area contributed by atoms with Crippen LogP contribution in [0.3, 0.4) is 0 Å². The predicted octanol–water partition coefficient (Wildman–Crippen LogP) is 9.28. The molecule has 0 bridgehead atoms. The average molecular weight is 661 g/mol. The van der Waals surface area contributed by atoms with Crippen molar-refractivity contribution in [3.63, 3.8) is 0 Å². The molecule has 48 heavy (non-hydrogen) atoms. The van der Waals surface area contributed by atoms with E-state index in [-0.39, 0.29) is 28.7 Å². The molecule has 2 fully saturated rings. The lowest BCUT2D eigenvalue weighted by atomic mass is 9.61. The van der Waals surface area contributed by atoms with Crippen molar-refractivity contribution in [2.75, 3.05) is 0 Å². The Kier molecular flexibility index (Phi) is 12.5. The van der Waals surface area contributed by atoms with Crippen LogP contribution in [0.5, 0.6) is 0 Å². The second-order valence-corrected chi connectivity index (χ2v) is 16.0. The fraction of sp³-hybridized carbons (Fsp3) is 0.571. The van der Waals surface area contributed by atoms with Gasteiger partial charge in [0.15, 0.2) is 5.78 Å². The standard InChI is InChI=1S/C42H60O6/c1-29(18-14-19-31(3)22-23-37-38(6,7)26-35(47-33(5)43)27-40(37,10)46)16-12-13-17-30(2)20-15-21-32(4)36(45)28-42-39(8,9)24-34(44)25-41(42,11)48-42/h12-14,16-19,21,23,27,34,44,46H,15,20,22,24-26,28H2,1-11H3/b13-12+,18-14+,29-16+,30-17+,31-19+,32-21+,37-23-/t34-,40+,41+,42-/m0/s1. The Labute approximate surface area is 289 Å². The molecule has 0 amide bonds. The number of carbonyl (C=O) groups is 2. The van der Waals surface area contributed by atoms with E-state index in [2.05, 4.69) is 78.8 Å². The summed E-state index contributed by atoms with van der Waals surface area (Å²) in [5.74, 6) is 0.276. The number of fused-ring (bicyclic) bond motifs is 1. The summed E-state index contributed by atoms with van der Waals surface area (Å²) in [5, 5.41) is 21.4. The SMILES string of the molecule is CC(=O)OC1=C[C@@](C)(O)/C(=C\C/C(C)=C/C=C/C(C)=C/C=C/C=C(\C)CC/C=C(\C)C(=O)C[C@@]23O[C@]2(C)C[C@@H](O)CC3(C)C)C(C)(C)C1. The van der Waals surface area contributed by atoms with Gasteiger partial charge >= 0.3 is 5.97 Å². The number of Topliss-reactive ketones (excluding diaryl/α,β-unsaturated/α-hetero) is 1. The van der Waals surface area contributed by atoms with Gasteiger partial charge < -0.3 is 19.7 Å². The van der Waals surface area contributed by atoms with Crippen LogP contribution in [0.4, 0.5) is 0 Å². The molecule has 1 saturated carbocycles. The fourth-order valence-corrected chi connectivity index (χ4v) is 7.81. The van der Waals surface area contributed by atoms with Crippen LogP contribution in [0.2, 0.25) is 0 Å². The minimum Gasteiger partial charge on any atom is -0.431 e. The molecule has 0 aromatic carbocycles. The van der Waals surface area contributed by atoms with Crippen LogP contribution in [0, 0.1) is 10.8 Å². The molecule has 1 saturated heterocycles. The van der Waals surface area contributed by atoms with E-state index >= 15 is 0 Å². The smallest absolute Gasteiger partial charge is 0.307 e. The number of ketones is 1. The van der Waals surface area contributed by atoms with Crippen molar-refractivity contribution in [2.45, 2.75) is 144 Å². The Morgan fingerprint density at radius 3 is 2.21 bits per heavy atom. The molecule has 4 atom stereocenters. The van der Waals surface area contributed by atoms with Gasteiger partial charge in [-0.25, -0.2) is 0 Å². The largest absolute Gasteiger partial charge is 0.431 e. The highest BCUT2D eigenvalue weighted by Crippen LogP contribution is 2.67. The maximum Gasteiger partial charge on any atom is 0.307 e. The summed E-state index contributed by atoms with van der Waals surface area (Å²) in [6, 6.07) is 0. The number of hydrogen-bond acceptors (Lipinski definition) is 6. The van der Waals surface area contributed by atoms with Crippen molar-refractivity contribution >= 4 is 11.8 Å². The highest BCUT2D eigenvalue weighted by molar-refractivity contribution is 5.96. The molecule has 3 rings (SSSR count). The third kappa shape index (κ3) is 9.77. The average Bonchev–Trinajstić information content (AvgIpc) is 3.53. The molecule has 6 heteroatoms. The molecule has 0 aromatic rings. The van der Waals surface area contributed by atoms with Crippen molar-refractivity contribution in [3.05, 3.63) is 94.4 Å². The van der Waals surface area contributed by atoms with Crippen LogP contribution < -0.4 is 0 Å². The quantitative estimate of drug-likeness (QED) is 0.0672. The maximum atomic E-state index is 13.1. The minimum atomic E-state index is -1.18. The summed E-state index contributed by atoms with van der Waals surface area (Å²) in [7, 11) is 0. The normalized spacial score (nSPS) is 31.6. The summed E-state index contributed by atoms with van der Waals surface area (Å²) < 4.78 is 11.5. The Balaban J connectivity index is 1.47. The number of aliphatic hydroxyl groups excluding tert-OH is 1. The van der Waals surface area contributed by atoms with E-state index < -0.39 is 16.8 Å². The Hall–Kier alpha value is -3.06. The summed E-state index contributed by atoms with van der Waals surface area (Å²) in [6.45, 7) is 21.6. The van der Waals surface area contributed by atoms with Gasteiger partial charge in [-0.05, 0) is 95.3 Å². The van der Waals surface area contributed by atoms with E-state index in [1.165, 1.54) is 18.1 Å². The van der Waals surface area contributed by atoms with Gasteiger partial charge in [0.2, 0.25) is 0 Å². The third-order valence-electron chi connectivity index (χ3n) is 10.3. The number of ether oxygens (including phenoxy) is 2. The molecule has 1 aliphatic heterocycles. The van der Waals surface area contributed by atoms with Crippen LogP contribution in [-0.2, 0) is 19.1 Å². The van der Waals surface area contributed by atoms with Gasteiger partial charge in [0.05, 0.1) is 11.7 Å². The lowest BCUT2D eigenvalue weighted by molar-refractivity contribution is -0.137. The molecule has 6 nitrogen and oxygen atoms in total. The minimum absolute atomic E-state index is 0.135. The number of rotatable bonds is 13. The van der Waals surface area contributed by atoms with Crippen LogP contribution >= 0.6 is 0 Å². The first kappa shape index (κ1) is 39.4. The maximum absolute atomic E-state index is 13.1. The van der Waals surface area contributed by atoms with Gasteiger partial charge in [-0.1, -0.05) is 99.1 Å². The Morgan fingerprint density at radius 2 is 1.58 bits per heavy atom. The van der Waals surface area contributed by atoms with Gasteiger partial charge in [-0.3, -0.25) is 9.59 Å². The second kappa shape index (κ2) is 15.2. The zero-order chi connectivity index (χ0) is 36.1. The summed E-state index contributed by atoms with van der Waals surface area (Å²) >= 11 is 0. The van der Waals surface area contributed by atoms with E-state index in [0.717, 1.165) is 29.6 Å². The van der Waals surface area contributed by atoms with Gasteiger partial charge in [-0.2, -0.15) is 0 Å². The number of carbonyl (C=O) groups excluding carboxylic acids is 2. The Morgan fingerprint density at radius 1 is 0.938 bits per heavy atom. The van der Waals surface area contributed by atoms with Crippen molar-refractivity contribution < 1.29 is 29.3 Å². The molecule has 264 valence electrons. The molecule has 1 heterocycles. The number of hydrogen-bond donors (Lipinski definition) is 2. The van der Waals surface area contributed by atoms with Crippen molar-refractivity contribution in [1.82, 2.24) is 0 Å². The summed E-state index contributed by atoms with van der Waals surface area (Å²) in [6.07, 6.45) is 24.5. The molecule has 2 N–H and O–H groups in total. The van der Waals surface area contributed by atoms with E-state index in [1.54, 1.807) is 13.0 Å². The molecule has 0 unspecified atom stereocenters. The van der Waals surface area contributed by atoms with E-state index in [4.69, 9.17) is 9.47 Å². The number of aliphatic hydroxyl groups is 2. The van der Waals surface area contributed by atoms with Crippen LogP contribution in [0.15, 0.2) is 94.4 Å². The highest BCUT2D eigenvalue weighted by Gasteiger charge is 2.76. The summed E-state index contributed by atoms with van der Waals surface area (Å²) in [4.78, 5) is 24.5. The number of epoxide rings is 1. The lowest BCUT2D eigenvalue weighted by Crippen LogP contribution is -2.48. The van der Waals surface area contributed by atoms with E-state index in [0.29, 0.717) is 37.9 Å². The molecular formula is C42H60O6. The molecule has 0 radical (unpaired) electrons. The van der Waals surface area contributed by atoms with E-state index in [9.17, 15) is 19.8 Å². The monoisotopic (exact) mass is 660 g/mol. The van der Waals surface area contributed by atoms with E-state index in [1.807, 2.05) is 38.2 Å². The van der Waals surface area contributed by atoms with Crippen LogP contribution in [0.1, 0.15) is 121 Å². The number of allylic oxidation sites excluding steroid dienone is 14. The first-order valence-electron chi connectivity index (χ1n) is 17.4. The van der Waals surface area contributed by atoms with Crippen LogP contribution in [-0.4, -0.2) is 44.9 Å². The molecule has 2 aliphatic carbocycles. The van der Waals surface area contributed by atoms with Crippen molar-refractivity contribution in [3.8, 4) is 0 Å². The van der Waals surface area contributed by atoms with Crippen molar-refractivity contribution in [2.24, 2.45) is 10.8 Å². The topological polar surface area (TPSA) is 96.4 Å². The van der Waals surface area contributed by atoms with Gasteiger partial charge in [0, 0.05) is 26.2 Å². The zero-order valence-corrected chi connectivity index (χ0v) is 31.3. The third-order valence-corrected chi connectivity index (χ3v) is 10.3. The fourth-order valence-electron chi connectivity index (χ4n) is 7.81.